The van der Waals surface area contributed by atoms with Gasteiger partial charge in [0.1, 0.15) is 0 Å². The van der Waals surface area contributed by atoms with Gasteiger partial charge < -0.3 is 14.8 Å². The Bertz CT molecular complexity index is 898. The van der Waals surface area contributed by atoms with Gasteiger partial charge in [0.2, 0.25) is 5.91 Å². The second kappa shape index (κ2) is 6.28. The largest absolute Gasteiger partial charge is 0.417 e. The van der Waals surface area contributed by atoms with Gasteiger partial charge in [-0.3, -0.25) is 9.78 Å². The predicted molar refractivity (Wildman–Crippen MR) is 86.5 cm³/mol. The van der Waals surface area contributed by atoms with Crippen LogP contribution >= 0.6 is 11.6 Å². The monoisotopic (exact) mass is 332 g/mol. The van der Waals surface area contributed by atoms with Gasteiger partial charge in [-0.1, -0.05) is 23.7 Å². The number of aliphatic hydroxyl groups is 1. The quantitative estimate of drug-likeness (QED) is 0.684. The van der Waals surface area contributed by atoms with Crippen molar-refractivity contribution in [3.05, 3.63) is 63.6 Å². The van der Waals surface area contributed by atoms with E-state index in [4.69, 9.17) is 16.0 Å². The van der Waals surface area contributed by atoms with Gasteiger partial charge in [-0.15, -0.1) is 0 Å². The van der Waals surface area contributed by atoms with E-state index in [2.05, 4.69) is 10.3 Å². The third-order valence-electron chi connectivity index (χ3n) is 3.34. The Kier molecular flexibility index (Phi) is 4.18. The first-order chi connectivity index (χ1) is 11.0. The van der Waals surface area contributed by atoms with Crippen LogP contribution in [0.3, 0.4) is 0 Å². The summed E-state index contributed by atoms with van der Waals surface area (Å²) in [7, 11) is 0. The number of oxazole rings is 1. The van der Waals surface area contributed by atoms with Crippen LogP contribution < -0.4 is 11.1 Å². The molecule has 0 saturated heterocycles. The van der Waals surface area contributed by atoms with Gasteiger partial charge in [-0.2, -0.15) is 0 Å². The molecule has 0 bridgehead atoms. The van der Waals surface area contributed by atoms with Gasteiger partial charge >= 0.3 is 5.76 Å². The zero-order valence-corrected chi connectivity index (χ0v) is 12.6. The fourth-order valence-electron chi connectivity index (χ4n) is 2.22. The summed E-state index contributed by atoms with van der Waals surface area (Å²) >= 11 is 5.79. The maximum Gasteiger partial charge on any atom is 0.417 e. The number of hydrogen-bond acceptors (Lipinski definition) is 4. The van der Waals surface area contributed by atoms with Gasteiger partial charge in [-0.05, 0) is 35.9 Å². The van der Waals surface area contributed by atoms with Crippen LogP contribution in [0.15, 0.2) is 51.7 Å². The van der Waals surface area contributed by atoms with Crippen LogP contribution in [-0.4, -0.2) is 16.0 Å². The fraction of sp³-hybridized carbons (Fsp3) is 0.125. The first-order valence-electron chi connectivity index (χ1n) is 6.87. The molecule has 1 unspecified atom stereocenters. The SMILES string of the molecule is O=C(CC(O)c1ccc(Cl)cc1)Nc1ccc2oc(=O)[nH]c2c1. The van der Waals surface area contributed by atoms with Crippen molar-refractivity contribution in [3.8, 4) is 0 Å². The Morgan fingerprint density at radius 2 is 2.00 bits per heavy atom. The van der Waals surface area contributed by atoms with Crippen LogP contribution in [0.2, 0.25) is 5.02 Å². The lowest BCUT2D eigenvalue weighted by Crippen LogP contribution is -2.15. The first kappa shape index (κ1) is 15.3. The molecule has 0 aliphatic heterocycles. The number of aromatic amines is 1. The van der Waals surface area contributed by atoms with Crippen molar-refractivity contribution in [1.29, 1.82) is 0 Å². The molecule has 6 nitrogen and oxygen atoms in total. The summed E-state index contributed by atoms with van der Waals surface area (Å²) in [6.45, 7) is 0. The number of amides is 1. The number of fused-ring (bicyclic) bond motifs is 1. The summed E-state index contributed by atoms with van der Waals surface area (Å²) in [6.07, 6.45) is -1.02. The van der Waals surface area contributed by atoms with Crippen LogP contribution in [0.25, 0.3) is 11.1 Å². The fourth-order valence-corrected chi connectivity index (χ4v) is 2.35. The van der Waals surface area contributed by atoms with Gasteiger partial charge in [0.15, 0.2) is 5.58 Å². The minimum atomic E-state index is -0.926. The molecule has 2 aromatic carbocycles. The summed E-state index contributed by atoms with van der Waals surface area (Å²) in [5, 5.41) is 13.3. The minimum absolute atomic E-state index is 0.0957. The molecule has 3 aromatic rings. The smallest absolute Gasteiger partial charge is 0.408 e. The van der Waals surface area contributed by atoms with E-state index >= 15 is 0 Å². The maximum atomic E-state index is 12.0. The van der Waals surface area contributed by atoms with Crippen LogP contribution in [0.1, 0.15) is 18.1 Å². The molecule has 0 radical (unpaired) electrons. The third kappa shape index (κ3) is 3.61. The third-order valence-corrected chi connectivity index (χ3v) is 3.59. The number of halogens is 1. The number of hydrogen-bond donors (Lipinski definition) is 3. The summed E-state index contributed by atoms with van der Waals surface area (Å²) < 4.78 is 4.89. The zero-order chi connectivity index (χ0) is 16.4. The van der Waals surface area contributed by atoms with Crippen molar-refractivity contribution in [1.82, 2.24) is 4.98 Å². The molecule has 0 aliphatic rings. The van der Waals surface area contributed by atoms with E-state index in [-0.39, 0.29) is 12.3 Å². The number of aliphatic hydroxyl groups excluding tert-OH is 1. The normalized spacial score (nSPS) is 12.3. The van der Waals surface area contributed by atoms with Gasteiger partial charge in [0.05, 0.1) is 18.0 Å². The molecular formula is C16H13ClN2O4. The lowest BCUT2D eigenvalue weighted by molar-refractivity contribution is -0.118. The Balaban J connectivity index is 1.67. The highest BCUT2D eigenvalue weighted by atomic mass is 35.5. The van der Waals surface area contributed by atoms with Crippen molar-refractivity contribution >= 4 is 34.3 Å². The maximum absolute atomic E-state index is 12.0. The van der Waals surface area contributed by atoms with Crippen LogP contribution in [-0.2, 0) is 4.79 Å². The van der Waals surface area contributed by atoms with Crippen molar-refractivity contribution in [3.63, 3.8) is 0 Å². The molecule has 0 saturated carbocycles. The molecule has 1 heterocycles. The molecule has 3 rings (SSSR count). The molecule has 3 N–H and O–H groups in total. The summed E-state index contributed by atoms with van der Waals surface area (Å²) in [4.78, 5) is 25.6. The number of anilines is 1. The predicted octanol–water partition coefficient (Wildman–Crippen LogP) is 2.84. The van der Waals surface area contributed by atoms with Crippen LogP contribution in [0.5, 0.6) is 0 Å². The molecule has 0 aliphatic carbocycles. The van der Waals surface area contributed by atoms with Crippen molar-refractivity contribution in [2.45, 2.75) is 12.5 Å². The zero-order valence-electron chi connectivity index (χ0n) is 11.9. The van der Waals surface area contributed by atoms with Gasteiger partial charge in [0, 0.05) is 10.7 Å². The lowest BCUT2D eigenvalue weighted by Gasteiger charge is -2.11. The van der Waals surface area contributed by atoms with E-state index in [1.807, 2.05) is 0 Å². The van der Waals surface area contributed by atoms with E-state index in [1.54, 1.807) is 42.5 Å². The van der Waals surface area contributed by atoms with E-state index in [0.717, 1.165) is 0 Å². The summed E-state index contributed by atoms with van der Waals surface area (Å²) in [5.74, 6) is -0.903. The van der Waals surface area contributed by atoms with E-state index in [1.165, 1.54) is 0 Å². The lowest BCUT2D eigenvalue weighted by atomic mass is 10.1. The summed E-state index contributed by atoms with van der Waals surface area (Å²) in [5.41, 5.74) is 2.02. The standard InChI is InChI=1S/C16H13ClN2O4/c17-10-3-1-9(2-4-10)13(20)8-15(21)18-11-5-6-14-12(7-11)19-16(22)23-14/h1-7,13,20H,8H2,(H,18,21)(H,19,22). The average Bonchev–Trinajstić information content (AvgIpc) is 2.87. The van der Waals surface area contributed by atoms with Gasteiger partial charge in [0.25, 0.3) is 0 Å². The second-order valence-corrected chi connectivity index (χ2v) is 5.48. The number of nitrogens with one attached hydrogen (secondary N) is 2. The molecule has 1 atom stereocenters. The number of aromatic nitrogens is 1. The molecule has 0 spiro atoms. The highest BCUT2D eigenvalue weighted by Crippen LogP contribution is 2.21. The summed E-state index contributed by atoms with van der Waals surface area (Å²) in [6, 6.07) is 11.4. The Morgan fingerprint density at radius 3 is 2.74 bits per heavy atom. The number of benzene rings is 2. The molecule has 118 valence electrons. The Morgan fingerprint density at radius 1 is 1.26 bits per heavy atom. The molecule has 7 heteroatoms. The molecule has 23 heavy (non-hydrogen) atoms. The first-order valence-corrected chi connectivity index (χ1v) is 7.25. The van der Waals surface area contributed by atoms with E-state index in [9.17, 15) is 14.7 Å². The van der Waals surface area contributed by atoms with Crippen molar-refractivity contribution in [2.24, 2.45) is 0 Å². The number of H-pyrrole nitrogens is 1. The number of carbonyl (C=O) groups is 1. The van der Waals surface area contributed by atoms with Gasteiger partial charge in [-0.25, -0.2) is 4.79 Å². The Hall–Kier alpha value is -2.57. The van der Waals surface area contributed by atoms with E-state index in [0.29, 0.717) is 27.4 Å². The second-order valence-electron chi connectivity index (χ2n) is 5.05. The molecule has 1 aromatic heterocycles. The highest BCUT2D eigenvalue weighted by molar-refractivity contribution is 6.30. The van der Waals surface area contributed by atoms with Crippen LogP contribution in [0, 0.1) is 0 Å². The molecule has 1 amide bonds. The van der Waals surface area contributed by atoms with Crippen LogP contribution in [0.4, 0.5) is 5.69 Å². The topological polar surface area (TPSA) is 95.3 Å². The average molecular weight is 333 g/mol. The Labute approximate surface area is 135 Å². The van der Waals surface area contributed by atoms with Crippen molar-refractivity contribution < 1.29 is 14.3 Å². The number of rotatable bonds is 4. The molecular weight excluding hydrogens is 320 g/mol. The highest BCUT2D eigenvalue weighted by Gasteiger charge is 2.13. The minimum Gasteiger partial charge on any atom is -0.408 e. The van der Waals surface area contributed by atoms with Crippen molar-refractivity contribution in [2.75, 3.05) is 5.32 Å². The van der Waals surface area contributed by atoms with E-state index < -0.39 is 11.9 Å². The number of carbonyl (C=O) groups excluding carboxylic acids is 1. The molecule has 0 fully saturated rings.